The summed E-state index contributed by atoms with van der Waals surface area (Å²) >= 11 is 0. The Hall–Kier alpha value is -1.24. The number of ketones is 1. The van der Waals surface area contributed by atoms with Gasteiger partial charge in [-0.2, -0.15) is 0 Å². The van der Waals surface area contributed by atoms with Gasteiger partial charge >= 0.3 is 18.0 Å². The fourth-order valence-electron chi connectivity index (χ4n) is 8.93. The fraction of sp³-hybridized carbons (Fsp3) is 0.590. The molecule has 3 aliphatic carbocycles. The van der Waals surface area contributed by atoms with Crippen LogP contribution in [-0.4, -0.2) is 109 Å². The number of ether oxygens (including phenoxy) is 4. The molecule has 1 aliphatic heterocycles. The van der Waals surface area contributed by atoms with Crippen LogP contribution in [0.25, 0.3) is 0 Å². The molecule has 17 heteroatoms. The van der Waals surface area contributed by atoms with Gasteiger partial charge in [0.1, 0.15) is 46.9 Å². The average molecular weight is 1210 g/mol. The first-order valence-corrected chi connectivity index (χ1v) is 17.9. The van der Waals surface area contributed by atoms with E-state index in [1.165, 1.54) is 58.2 Å². The van der Waals surface area contributed by atoms with Crippen molar-refractivity contribution in [2.24, 2.45) is 16.7 Å². The number of fused-ring (bicyclic) bond motifs is 5. The minimum Gasteiger partial charge on any atom is -0.467 e. The van der Waals surface area contributed by atoms with Gasteiger partial charge in [-0.15, -0.1) is 0 Å². The number of carbonyl (C=O) groups excluding carboxylic acids is 4. The molecule has 1 amide bonds. The number of carbonyl (C=O) groups is 4. The van der Waals surface area contributed by atoms with Crippen molar-refractivity contribution in [1.82, 2.24) is 5.32 Å². The van der Waals surface area contributed by atoms with Crippen LogP contribution in [0.15, 0.2) is 64.3 Å². The number of hydrogen-bond acceptors (Lipinski definition) is 14. The number of alkyl carbamates (subject to hydrolysis) is 1. The molecule has 1 aromatic carbocycles. The van der Waals surface area contributed by atoms with E-state index in [0.717, 1.165) is 0 Å². The summed E-state index contributed by atoms with van der Waals surface area (Å²) in [7, 11) is 0. The molecule has 3 fully saturated rings. The van der Waals surface area contributed by atoms with Crippen LogP contribution < -0.4 is 5.32 Å². The number of Topliss-reactive ketones (excluding diaryl/α,β-unsaturated/α-hetero) is 1. The Morgan fingerprint density at radius 1 is 0.982 bits per heavy atom. The van der Waals surface area contributed by atoms with E-state index in [9.17, 15) is 44.7 Å². The summed E-state index contributed by atoms with van der Waals surface area (Å²) in [5.74, 6) is -4.64. The summed E-state index contributed by atoms with van der Waals surface area (Å²) in [6.45, 7) is 10.5. The summed E-state index contributed by atoms with van der Waals surface area (Å²) in [4.78, 5) is 55.2. The van der Waals surface area contributed by atoms with Gasteiger partial charge in [-0.3, -0.25) is 4.79 Å². The summed E-state index contributed by atoms with van der Waals surface area (Å²) in [5, 5.41) is 62.8. The normalized spacial score (nSPS) is 34.2. The Bertz CT molecular complexity index is 1830. The Labute approximate surface area is 396 Å². The number of benzene rings is 1. The van der Waals surface area contributed by atoms with E-state index >= 15 is 0 Å². The second kappa shape index (κ2) is 17.0. The molecule has 2 aromatic rings. The Morgan fingerprint density at radius 2 is 1.62 bits per heavy atom. The number of aliphatic hydroxyl groups excluding tert-OH is 3. The molecule has 56 heavy (non-hydrogen) atoms. The number of amides is 1. The first-order chi connectivity index (χ1) is 25.1. The maximum atomic E-state index is 14.7. The molecule has 2 saturated carbocycles. The zero-order valence-electron chi connectivity index (χ0n) is 32.4. The summed E-state index contributed by atoms with van der Waals surface area (Å²) < 4.78 is 28.4. The zero-order chi connectivity index (χ0) is 39.8. The van der Waals surface area contributed by atoms with Crippen molar-refractivity contribution in [3.63, 3.8) is 0 Å². The minimum absolute atomic E-state index is 0. The largest absolute Gasteiger partial charge is 0.467 e. The summed E-state index contributed by atoms with van der Waals surface area (Å²) in [6, 6.07) is 9.26. The Balaban J connectivity index is 0.00000348. The number of hydrogen-bond donors (Lipinski definition) is 6. The van der Waals surface area contributed by atoms with Gasteiger partial charge in [0.05, 0.1) is 36.1 Å². The van der Waals surface area contributed by atoms with Gasteiger partial charge in [0.2, 0.25) is 0 Å². The molecule has 11 atom stereocenters. The molecule has 300 valence electrons. The summed E-state index contributed by atoms with van der Waals surface area (Å²) in [6.07, 6.45) is -10.2. The third-order valence-electron chi connectivity index (χ3n) is 12.0. The van der Waals surface area contributed by atoms with Crippen LogP contribution in [0, 0.1) is 105 Å². The van der Waals surface area contributed by atoms with E-state index in [4.69, 9.17) is 23.4 Å². The van der Waals surface area contributed by atoms with Gasteiger partial charge in [-0.05, 0) is 70.0 Å². The van der Waals surface area contributed by atoms with Crippen molar-refractivity contribution in [1.29, 1.82) is 0 Å². The van der Waals surface area contributed by atoms with Crippen molar-refractivity contribution < 1.29 is 156 Å². The molecular weight excluding hydrogens is 1160 g/mol. The molecule has 6 rings (SSSR count). The topological polar surface area (TPSA) is 232 Å². The monoisotopic (exact) mass is 1210 g/mol. The smallest absolute Gasteiger partial charge is 0.408 e. The summed E-state index contributed by atoms with van der Waals surface area (Å²) in [5.41, 5.74) is -8.55. The van der Waals surface area contributed by atoms with E-state index in [0.29, 0.717) is 0 Å². The molecule has 1 saturated heterocycles. The van der Waals surface area contributed by atoms with E-state index in [-0.39, 0.29) is 124 Å². The zero-order valence-corrected chi connectivity index (χ0v) is 41.9. The fourth-order valence-corrected chi connectivity index (χ4v) is 8.93. The van der Waals surface area contributed by atoms with E-state index in [1.807, 2.05) is 0 Å². The van der Waals surface area contributed by atoms with Crippen molar-refractivity contribution in [2.45, 2.75) is 121 Å². The number of esters is 2. The first kappa shape index (κ1) is 47.4. The van der Waals surface area contributed by atoms with Crippen LogP contribution in [0.2, 0.25) is 0 Å². The van der Waals surface area contributed by atoms with Gasteiger partial charge in [0.25, 0.3) is 0 Å². The third-order valence-corrected chi connectivity index (χ3v) is 12.0. The van der Waals surface area contributed by atoms with Crippen LogP contribution in [0.1, 0.15) is 83.5 Å². The molecule has 4 aliphatic rings. The van der Waals surface area contributed by atoms with Gasteiger partial charge in [0, 0.05) is 112 Å². The SMILES string of the molecule is CC1=C2[C@@H](O)C(=O)[C@@]3(C)[C@H]([C@H](OC(=O)c4ccccc4)[C@](O)(C[C@@H]1OC(=O)[C@H](O)[C@@H](NC(=O)OC(C)(C)C)c1ccco1)C2(C)C)[C@]1(O)CO[C@@H]1C[C@@H]3O.[Ac].[Ac]. The Morgan fingerprint density at radius 3 is 2.18 bits per heavy atom. The van der Waals surface area contributed by atoms with Crippen LogP contribution in [-0.2, 0) is 28.5 Å². The number of rotatable bonds is 7. The van der Waals surface area contributed by atoms with Gasteiger partial charge < -0.3 is 54.2 Å². The van der Waals surface area contributed by atoms with Crippen LogP contribution in [0.3, 0.4) is 0 Å². The Kier molecular flexibility index (Phi) is 14.4. The van der Waals surface area contributed by atoms with E-state index in [2.05, 4.69) is 5.32 Å². The van der Waals surface area contributed by atoms with Crippen LogP contribution in [0.4, 0.5) is 4.79 Å². The van der Waals surface area contributed by atoms with Crippen molar-refractivity contribution in [2.75, 3.05) is 6.61 Å². The molecular formula is C39H49Ac2NO14. The van der Waals surface area contributed by atoms with Crippen molar-refractivity contribution in [3.05, 3.63) is 71.2 Å². The average Bonchev–Trinajstić information content (AvgIpc) is 3.63. The van der Waals surface area contributed by atoms with E-state index < -0.39 is 106 Å². The molecule has 2 heterocycles. The maximum Gasteiger partial charge on any atom is 0.408 e. The third kappa shape index (κ3) is 8.02. The molecule has 1 aromatic heterocycles. The number of furan rings is 1. The molecule has 2 bridgehead atoms. The van der Waals surface area contributed by atoms with Crippen molar-refractivity contribution in [3.8, 4) is 0 Å². The first-order valence-electron chi connectivity index (χ1n) is 17.9. The molecule has 6 N–H and O–H groups in total. The second-order valence-corrected chi connectivity index (χ2v) is 16.6. The molecule has 2 radical (unpaired) electrons. The predicted molar refractivity (Wildman–Crippen MR) is 186 cm³/mol. The maximum absolute atomic E-state index is 14.7. The van der Waals surface area contributed by atoms with Gasteiger partial charge in [0.15, 0.2) is 11.9 Å². The molecule has 0 unspecified atom stereocenters. The predicted octanol–water partition coefficient (Wildman–Crippen LogP) is 2.28. The molecule has 15 nitrogen and oxygen atoms in total. The van der Waals surface area contributed by atoms with Gasteiger partial charge in [-0.25, -0.2) is 14.4 Å². The minimum atomic E-state index is -2.32. The van der Waals surface area contributed by atoms with Crippen LogP contribution >= 0.6 is 0 Å². The molecule has 0 spiro atoms. The van der Waals surface area contributed by atoms with Crippen LogP contribution in [0.5, 0.6) is 0 Å². The number of nitrogens with one attached hydrogen (secondary N) is 1. The number of aliphatic hydroxyl groups is 5. The second-order valence-electron chi connectivity index (χ2n) is 16.6. The van der Waals surface area contributed by atoms with E-state index in [1.54, 1.807) is 39.0 Å². The van der Waals surface area contributed by atoms with Gasteiger partial charge in [-0.1, -0.05) is 32.0 Å². The standard InChI is InChI=1S/C39H49NO14.2Ac/c1-19-22(52-33(46)28(43)26(21-14-11-15-50-21)40-34(47)54-35(2,3)4)17-39(49)31(53-32(45)20-12-9-8-10-13-20)29-37(7,23(41)16-24-38(29,48)18-51-24)30(44)27(42)25(19)36(39,5)6;;/h8-15,22-24,26-29,31,41-43,48-49H,16-18H2,1-7H3,(H,40,47);;/t22-,23-,24+,26-,27+,28+,29-,31-,37+,38-,39+;;/m0../s1. The quantitative estimate of drug-likeness (QED) is 0.133. The van der Waals surface area contributed by atoms with Crippen molar-refractivity contribution >= 4 is 23.8 Å².